The average molecular weight is 276 g/mol. The summed E-state index contributed by atoms with van der Waals surface area (Å²) in [5.41, 5.74) is 2.55. The van der Waals surface area contributed by atoms with E-state index in [1.54, 1.807) is 0 Å². The van der Waals surface area contributed by atoms with Crippen molar-refractivity contribution in [3.63, 3.8) is 0 Å². The Morgan fingerprint density at radius 1 is 0.765 bits per heavy atom. The quantitative estimate of drug-likeness (QED) is 0.576. The molecule has 0 aliphatic rings. The molecule has 0 amide bonds. The van der Waals surface area contributed by atoms with Crippen molar-refractivity contribution in [2.45, 2.75) is 0 Å². The van der Waals surface area contributed by atoms with Gasteiger partial charge in [-0.3, -0.25) is 9.11 Å². The van der Waals surface area contributed by atoms with Gasteiger partial charge in [-0.2, -0.15) is 4.21 Å². The molecule has 2 rings (SSSR count). The summed E-state index contributed by atoms with van der Waals surface area (Å²) in [5, 5.41) is 0. The van der Waals surface area contributed by atoms with E-state index in [0.29, 0.717) is 0 Å². The third kappa shape index (κ3) is 7.96. The van der Waals surface area contributed by atoms with Crippen LogP contribution in [-0.4, -0.2) is 13.3 Å². The first-order valence-corrected chi connectivity index (χ1v) is 5.67. The fraction of sp³-hybridized carbons (Fsp3) is 0. The normalized spacial score (nSPS) is 8.88. The van der Waals surface area contributed by atoms with Gasteiger partial charge in [-0.05, 0) is 11.1 Å². The summed E-state index contributed by atoms with van der Waals surface area (Å²) in [6.45, 7) is 0. The minimum Gasteiger partial charge on any atom is -1.00 e. The fourth-order valence-corrected chi connectivity index (χ4v) is 1.26. The molecule has 17 heavy (non-hydrogen) atoms. The Balaban J connectivity index is 0. The Kier molecular flexibility index (Phi) is 10.2. The van der Waals surface area contributed by atoms with Gasteiger partial charge in [0.2, 0.25) is 0 Å². The summed E-state index contributed by atoms with van der Waals surface area (Å²) in [4.78, 5) is 0. The smallest absolute Gasteiger partial charge is 1.00 e. The average Bonchev–Trinajstić information content (AvgIpc) is 2.31. The van der Waals surface area contributed by atoms with Crippen molar-refractivity contribution < 1.29 is 66.1 Å². The molecule has 2 N–H and O–H groups in total. The first-order chi connectivity index (χ1) is 7.70. The second-order valence-corrected chi connectivity index (χ2v) is 3.42. The molecular formula is C12H13KO3S. The fourth-order valence-electron chi connectivity index (χ4n) is 1.26. The predicted molar refractivity (Wildman–Crippen MR) is 66.4 cm³/mol. The van der Waals surface area contributed by atoms with Crippen LogP contribution in [0, 0.1) is 0 Å². The molecule has 3 nitrogen and oxygen atoms in total. The second kappa shape index (κ2) is 10.1. The van der Waals surface area contributed by atoms with Gasteiger partial charge < -0.3 is 1.43 Å². The van der Waals surface area contributed by atoms with Gasteiger partial charge >= 0.3 is 51.4 Å². The van der Waals surface area contributed by atoms with E-state index in [9.17, 15) is 0 Å². The summed E-state index contributed by atoms with van der Waals surface area (Å²) in [5.74, 6) is 0. The summed E-state index contributed by atoms with van der Waals surface area (Å²) in [6, 6.07) is 20.8. The van der Waals surface area contributed by atoms with Gasteiger partial charge in [-0.25, -0.2) is 0 Å². The van der Waals surface area contributed by atoms with Gasteiger partial charge in [0.25, 0.3) is 11.4 Å². The molecule has 0 spiro atoms. The van der Waals surface area contributed by atoms with Crippen molar-refractivity contribution in [3.8, 4) is 11.1 Å². The zero-order valence-corrected chi connectivity index (χ0v) is 13.4. The molecule has 0 heterocycles. The van der Waals surface area contributed by atoms with Crippen LogP contribution < -0.4 is 51.4 Å². The molecule has 0 bridgehead atoms. The van der Waals surface area contributed by atoms with Crippen molar-refractivity contribution in [1.82, 2.24) is 0 Å². The van der Waals surface area contributed by atoms with E-state index in [1.807, 2.05) is 12.1 Å². The van der Waals surface area contributed by atoms with Crippen LogP contribution in [0.1, 0.15) is 1.43 Å². The van der Waals surface area contributed by atoms with Gasteiger partial charge in [0.1, 0.15) is 0 Å². The zero-order valence-electron chi connectivity index (χ0n) is 10.5. The molecule has 0 saturated heterocycles. The molecule has 0 unspecified atom stereocenters. The topological polar surface area (TPSA) is 57.5 Å². The molecule has 0 atom stereocenters. The number of hydrogen-bond donors (Lipinski definition) is 2. The maximum Gasteiger partial charge on any atom is 1.00 e. The molecule has 0 radical (unpaired) electrons. The molecule has 86 valence electrons. The van der Waals surface area contributed by atoms with Gasteiger partial charge in [0.05, 0.1) is 0 Å². The SMILES string of the molecule is O=S(O)O.[H-].[K+].c1ccc(-c2ccccc2)cc1. The van der Waals surface area contributed by atoms with E-state index in [-0.39, 0.29) is 52.8 Å². The molecule has 2 aromatic carbocycles. The van der Waals surface area contributed by atoms with Crippen molar-refractivity contribution in [1.29, 1.82) is 0 Å². The summed E-state index contributed by atoms with van der Waals surface area (Å²) in [7, 11) is 0. The monoisotopic (exact) mass is 276 g/mol. The van der Waals surface area contributed by atoms with Crippen molar-refractivity contribution in [3.05, 3.63) is 60.7 Å². The Labute approximate surface area is 147 Å². The Morgan fingerprint density at radius 2 is 1.00 bits per heavy atom. The number of benzene rings is 2. The summed E-state index contributed by atoms with van der Waals surface area (Å²) < 4.78 is 22.8. The van der Waals surface area contributed by atoms with Crippen molar-refractivity contribution in [2.24, 2.45) is 0 Å². The van der Waals surface area contributed by atoms with E-state index in [1.165, 1.54) is 11.1 Å². The van der Waals surface area contributed by atoms with E-state index in [4.69, 9.17) is 13.3 Å². The summed E-state index contributed by atoms with van der Waals surface area (Å²) in [6.07, 6.45) is 0. The predicted octanol–water partition coefficient (Wildman–Crippen LogP) is 0.151. The van der Waals surface area contributed by atoms with Crippen LogP contribution in [-0.2, 0) is 11.4 Å². The van der Waals surface area contributed by atoms with Crippen LogP contribution in [0.3, 0.4) is 0 Å². The Morgan fingerprint density at radius 3 is 1.24 bits per heavy atom. The van der Waals surface area contributed by atoms with Gasteiger partial charge in [0.15, 0.2) is 0 Å². The minimum absolute atomic E-state index is 0. The van der Waals surface area contributed by atoms with E-state index in [0.717, 1.165) is 0 Å². The first-order valence-electron chi connectivity index (χ1n) is 4.60. The molecule has 0 aromatic heterocycles. The van der Waals surface area contributed by atoms with Gasteiger partial charge in [-0.15, -0.1) is 0 Å². The van der Waals surface area contributed by atoms with E-state index < -0.39 is 11.4 Å². The Hall–Kier alpha value is 0.146. The molecule has 0 aliphatic carbocycles. The van der Waals surface area contributed by atoms with Crippen molar-refractivity contribution >= 4 is 11.4 Å². The minimum atomic E-state index is -2.61. The van der Waals surface area contributed by atoms with Gasteiger partial charge in [0, 0.05) is 0 Å². The maximum atomic E-state index is 8.67. The molecule has 0 fully saturated rings. The third-order valence-electron chi connectivity index (χ3n) is 1.88. The van der Waals surface area contributed by atoms with E-state index >= 15 is 0 Å². The van der Waals surface area contributed by atoms with Crippen molar-refractivity contribution in [2.75, 3.05) is 0 Å². The first kappa shape index (κ1) is 17.1. The number of rotatable bonds is 1. The molecule has 0 saturated carbocycles. The third-order valence-corrected chi connectivity index (χ3v) is 1.88. The van der Waals surface area contributed by atoms with Crippen LogP contribution >= 0.6 is 0 Å². The van der Waals surface area contributed by atoms with Crippen LogP contribution in [0.2, 0.25) is 0 Å². The molecule has 5 heteroatoms. The number of hydrogen-bond acceptors (Lipinski definition) is 1. The van der Waals surface area contributed by atoms with Crippen LogP contribution in [0.15, 0.2) is 60.7 Å². The van der Waals surface area contributed by atoms with Crippen LogP contribution in [0.5, 0.6) is 0 Å². The van der Waals surface area contributed by atoms with Crippen LogP contribution in [0.4, 0.5) is 0 Å². The van der Waals surface area contributed by atoms with Crippen LogP contribution in [0.25, 0.3) is 11.1 Å². The standard InChI is InChI=1S/C12H10.K.H2O3S.H/c1-3-7-11(8-4-1)12-9-5-2-6-10-12;;1-4(2)3;/h1-10H;;(H2,1,2,3);/q;+1;;-1. The van der Waals surface area contributed by atoms with Gasteiger partial charge in [-0.1, -0.05) is 60.7 Å². The second-order valence-electron chi connectivity index (χ2n) is 2.96. The molecular weight excluding hydrogens is 263 g/mol. The van der Waals surface area contributed by atoms with E-state index in [2.05, 4.69) is 48.5 Å². The maximum absolute atomic E-state index is 8.67. The Bertz CT molecular complexity index is 398. The molecule has 2 aromatic rings. The zero-order chi connectivity index (χ0) is 11.8. The largest absolute Gasteiger partial charge is 1.00 e. The molecule has 0 aliphatic heterocycles. The summed E-state index contributed by atoms with van der Waals surface area (Å²) >= 11 is -2.61.